The van der Waals surface area contributed by atoms with Gasteiger partial charge in [-0.1, -0.05) is 20.3 Å². The predicted molar refractivity (Wildman–Crippen MR) is 48.9 cm³/mol. The third-order valence-corrected chi connectivity index (χ3v) is 2.75. The molecule has 0 aromatic rings. The van der Waals surface area contributed by atoms with Gasteiger partial charge in [0.15, 0.2) is 0 Å². The van der Waals surface area contributed by atoms with E-state index in [9.17, 15) is 0 Å². The van der Waals surface area contributed by atoms with Crippen LogP contribution >= 0.6 is 0 Å². The maximum atomic E-state index is 2.39. The molecule has 0 aromatic carbocycles. The van der Waals surface area contributed by atoms with Crippen molar-refractivity contribution in [3.05, 3.63) is 0 Å². The number of likely N-dealkylation sites (tertiary alicyclic amines) is 1. The number of hydrogen-bond acceptors (Lipinski definition) is 0. The molecule has 0 radical (unpaired) electrons. The first-order chi connectivity index (χ1) is 5.33. The minimum atomic E-state index is 0. The van der Waals surface area contributed by atoms with Crippen LogP contribution < -0.4 is 21.9 Å². The summed E-state index contributed by atoms with van der Waals surface area (Å²) in [6.07, 6.45) is 5.70. The molecule has 0 amide bonds. The van der Waals surface area contributed by atoms with Gasteiger partial charge < -0.3 is 21.9 Å². The van der Waals surface area contributed by atoms with Gasteiger partial charge in [0.1, 0.15) is 0 Å². The Morgan fingerprint density at radius 3 is 2.75 bits per heavy atom. The van der Waals surface area contributed by atoms with Crippen molar-refractivity contribution < 1.29 is 21.9 Å². The normalized spacial score (nSPS) is 29.5. The fourth-order valence-electron chi connectivity index (χ4n) is 2.05. The monoisotopic (exact) mass is 235 g/mol. The van der Waals surface area contributed by atoms with Crippen LogP contribution in [0.5, 0.6) is 0 Å². The lowest BCUT2D eigenvalue weighted by Crippen LogP contribution is -3.13. The Morgan fingerprint density at radius 1 is 1.42 bits per heavy atom. The van der Waals surface area contributed by atoms with E-state index < -0.39 is 0 Å². The smallest absolute Gasteiger partial charge is 0.0796 e. The molecule has 2 atom stereocenters. The first-order valence-electron chi connectivity index (χ1n) is 5.16. The topological polar surface area (TPSA) is 4.44 Å². The Balaban J connectivity index is 0.00000121. The molecule has 74 valence electrons. The van der Waals surface area contributed by atoms with Gasteiger partial charge in [-0.05, 0) is 19.3 Å². The summed E-state index contributed by atoms with van der Waals surface area (Å²) < 4.78 is 0. The van der Waals surface area contributed by atoms with E-state index in [2.05, 4.69) is 13.8 Å². The van der Waals surface area contributed by atoms with Crippen LogP contribution in [-0.2, 0) is 0 Å². The molecule has 1 nitrogen and oxygen atoms in total. The van der Waals surface area contributed by atoms with Crippen LogP contribution in [0.3, 0.4) is 0 Å². The zero-order valence-corrected chi connectivity index (χ0v) is 9.99. The minimum Gasteiger partial charge on any atom is -1.00 e. The molecule has 1 fully saturated rings. The van der Waals surface area contributed by atoms with Crippen molar-refractivity contribution >= 4 is 0 Å². The van der Waals surface area contributed by atoms with E-state index >= 15 is 0 Å². The summed E-state index contributed by atoms with van der Waals surface area (Å²) in [6, 6.07) is 0. The predicted octanol–water partition coefficient (Wildman–Crippen LogP) is -1.89. The lowest BCUT2D eigenvalue weighted by atomic mass is 10.0. The van der Waals surface area contributed by atoms with Gasteiger partial charge in [-0.25, -0.2) is 0 Å². The number of nitrogens with one attached hydrogen (secondary N) is 1. The van der Waals surface area contributed by atoms with Crippen molar-refractivity contribution in [1.82, 2.24) is 0 Å². The van der Waals surface area contributed by atoms with Gasteiger partial charge in [-0.3, -0.25) is 0 Å². The number of halogens is 1. The van der Waals surface area contributed by atoms with Crippen LogP contribution in [0.25, 0.3) is 0 Å². The first kappa shape index (κ1) is 12.4. The SMILES string of the molecule is CCCC[NH+]1CCCC(C)C1.[Br-]. The van der Waals surface area contributed by atoms with E-state index in [0.717, 1.165) is 5.92 Å². The highest BCUT2D eigenvalue weighted by Crippen LogP contribution is 2.04. The maximum Gasteiger partial charge on any atom is 0.0796 e. The van der Waals surface area contributed by atoms with Crippen LogP contribution in [0, 0.1) is 5.92 Å². The number of hydrogen-bond donors (Lipinski definition) is 1. The Labute approximate surface area is 87.3 Å². The van der Waals surface area contributed by atoms with Crippen molar-refractivity contribution in [3.8, 4) is 0 Å². The molecule has 1 rings (SSSR count). The van der Waals surface area contributed by atoms with Gasteiger partial charge in [0.05, 0.1) is 19.6 Å². The zero-order valence-electron chi connectivity index (χ0n) is 8.41. The summed E-state index contributed by atoms with van der Waals surface area (Å²) in [5.41, 5.74) is 0. The average molecular weight is 236 g/mol. The molecule has 1 aliphatic rings. The van der Waals surface area contributed by atoms with Crippen molar-refractivity contribution in [3.63, 3.8) is 0 Å². The van der Waals surface area contributed by atoms with Crippen molar-refractivity contribution in [2.45, 2.75) is 39.5 Å². The zero-order chi connectivity index (χ0) is 8.10. The van der Waals surface area contributed by atoms with E-state index in [1.165, 1.54) is 45.3 Å². The Kier molecular flexibility index (Phi) is 7.16. The third-order valence-electron chi connectivity index (χ3n) is 2.75. The number of quaternary nitrogens is 1. The lowest BCUT2D eigenvalue weighted by molar-refractivity contribution is -0.908. The molecular formula is C10H22BrN. The van der Waals surface area contributed by atoms with E-state index in [1.54, 1.807) is 0 Å². The third kappa shape index (κ3) is 4.46. The number of unbranched alkanes of at least 4 members (excludes halogenated alkanes) is 1. The number of piperidine rings is 1. The molecule has 1 heterocycles. The summed E-state index contributed by atoms with van der Waals surface area (Å²) in [4.78, 5) is 1.85. The fraction of sp³-hybridized carbons (Fsp3) is 1.00. The molecule has 1 aliphatic heterocycles. The van der Waals surface area contributed by atoms with Crippen LogP contribution in [0.2, 0.25) is 0 Å². The summed E-state index contributed by atoms with van der Waals surface area (Å²) >= 11 is 0. The second-order valence-corrected chi connectivity index (χ2v) is 4.06. The maximum absolute atomic E-state index is 2.39. The molecule has 0 spiro atoms. The molecule has 2 unspecified atom stereocenters. The van der Waals surface area contributed by atoms with E-state index in [1.807, 2.05) is 4.90 Å². The molecule has 0 aromatic heterocycles. The number of rotatable bonds is 3. The van der Waals surface area contributed by atoms with Crippen molar-refractivity contribution in [2.24, 2.45) is 5.92 Å². The van der Waals surface area contributed by atoms with Gasteiger partial charge >= 0.3 is 0 Å². The molecular weight excluding hydrogens is 214 g/mol. The Bertz CT molecular complexity index is 106. The second kappa shape index (κ2) is 6.90. The highest BCUT2D eigenvalue weighted by Gasteiger charge is 2.18. The fourth-order valence-corrected chi connectivity index (χ4v) is 2.05. The van der Waals surface area contributed by atoms with E-state index in [-0.39, 0.29) is 17.0 Å². The molecule has 2 heteroatoms. The summed E-state index contributed by atoms with van der Waals surface area (Å²) in [5, 5.41) is 0. The second-order valence-electron chi connectivity index (χ2n) is 4.06. The summed E-state index contributed by atoms with van der Waals surface area (Å²) in [7, 11) is 0. The quantitative estimate of drug-likeness (QED) is 0.584. The first-order valence-corrected chi connectivity index (χ1v) is 5.16. The van der Waals surface area contributed by atoms with Gasteiger partial charge in [0.25, 0.3) is 0 Å². The molecule has 0 aliphatic carbocycles. The summed E-state index contributed by atoms with van der Waals surface area (Å²) in [6.45, 7) is 8.96. The van der Waals surface area contributed by atoms with Gasteiger partial charge in [-0.15, -0.1) is 0 Å². The van der Waals surface area contributed by atoms with Crippen LogP contribution in [-0.4, -0.2) is 19.6 Å². The standard InChI is InChI=1S/C10H21N.BrH/c1-3-4-7-11-8-5-6-10(2)9-11;/h10H,3-9H2,1-2H3;1H. The average Bonchev–Trinajstić information content (AvgIpc) is 2.01. The van der Waals surface area contributed by atoms with E-state index in [4.69, 9.17) is 0 Å². The van der Waals surface area contributed by atoms with Crippen LogP contribution in [0.4, 0.5) is 0 Å². The van der Waals surface area contributed by atoms with Gasteiger partial charge in [0, 0.05) is 5.92 Å². The van der Waals surface area contributed by atoms with Gasteiger partial charge in [-0.2, -0.15) is 0 Å². The largest absolute Gasteiger partial charge is 1.00 e. The molecule has 1 N–H and O–H groups in total. The van der Waals surface area contributed by atoms with E-state index in [0.29, 0.717) is 0 Å². The molecule has 1 saturated heterocycles. The Hall–Kier alpha value is 0.440. The molecule has 0 bridgehead atoms. The Morgan fingerprint density at radius 2 is 2.17 bits per heavy atom. The lowest BCUT2D eigenvalue weighted by Gasteiger charge is -2.27. The molecule has 0 saturated carbocycles. The van der Waals surface area contributed by atoms with Gasteiger partial charge in [0.2, 0.25) is 0 Å². The van der Waals surface area contributed by atoms with Crippen molar-refractivity contribution in [2.75, 3.05) is 19.6 Å². The highest BCUT2D eigenvalue weighted by atomic mass is 79.9. The highest BCUT2D eigenvalue weighted by molar-refractivity contribution is 4.55. The summed E-state index contributed by atoms with van der Waals surface area (Å²) in [5.74, 6) is 0.982. The molecule has 12 heavy (non-hydrogen) atoms. The minimum absolute atomic E-state index is 0. The van der Waals surface area contributed by atoms with Crippen LogP contribution in [0.15, 0.2) is 0 Å². The van der Waals surface area contributed by atoms with Crippen molar-refractivity contribution in [1.29, 1.82) is 0 Å². The van der Waals surface area contributed by atoms with Crippen LogP contribution in [0.1, 0.15) is 39.5 Å².